The molecule has 0 bridgehead atoms. The van der Waals surface area contributed by atoms with Crippen molar-refractivity contribution in [3.05, 3.63) is 65.2 Å². The maximum absolute atomic E-state index is 10.7. The average Bonchev–Trinajstić information content (AvgIpc) is 3.32. The van der Waals surface area contributed by atoms with Gasteiger partial charge in [-0.2, -0.15) is 9.94 Å². The molecule has 0 spiro atoms. The highest BCUT2D eigenvalue weighted by molar-refractivity contribution is 7.99. The summed E-state index contributed by atoms with van der Waals surface area (Å²) in [7, 11) is 1.82. The maximum Gasteiger partial charge on any atom is 0.214 e. The van der Waals surface area contributed by atoms with E-state index in [9.17, 15) is 10.4 Å². The largest absolute Gasteiger partial charge is 0.510 e. The number of rotatable bonds is 5. The Bertz CT molecular complexity index is 1290. The number of imidazole rings is 1. The van der Waals surface area contributed by atoms with E-state index >= 15 is 0 Å². The van der Waals surface area contributed by atoms with E-state index in [-0.39, 0.29) is 17.1 Å². The summed E-state index contributed by atoms with van der Waals surface area (Å²) in [6, 6.07) is 15.7. The number of tetrazole rings is 1. The Labute approximate surface area is 177 Å². The normalized spacial score (nSPS) is 12.1. The zero-order chi connectivity index (χ0) is 21.3. The molecule has 8 nitrogen and oxygen atoms in total. The predicted octanol–water partition coefficient (Wildman–Crippen LogP) is 3.75. The van der Waals surface area contributed by atoms with Crippen LogP contribution in [0.25, 0.3) is 22.3 Å². The minimum absolute atomic E-state index is 0.0723. The highest BCUT2D eigenvalue weighted by Gasteiger charge is 2.18. The first-order valence-electron chi connectivity index (χ1n) is 9.23. The second-order valence-corrected chi connectivity index (χ2v) is 7.76. The van der Waals surface area contributed by atoms with E-state index in [1.807, 2.05) is 63.4 Å². The lowest BCUT2D eigenvalue weighted by molar-refractivity contribution is 0.420. The van der Waals surface area contributed by atoms with Crippen LogP contribution in [0.15, 0.2) is 53.4 Å². The molecule has 0 aliphatic rings. The van der Waals surface area contributed by atoms with Crippen molar-refractivity contribution in [1.29, 1.82) is 5.26 Å². The van der Waals surface area contributed by atoms with Crippen molar-refractivity contribution in [2.24, 2.45) is 7.05 Å². The second-order valence-electron chi connectivity index (χ2n) is 6.82. The first-order valence-corrected chi connectivity index (χ1v) is 10.2. The summed E-state index contributed by atoms with van der Waals surface area (Å²) in [6.07, 6.45) is 0. The molecule has 0 atom stereocenters. The Morgan fingerprint density at radius 2 is 1.87 bits per heavy atom. The monoisotopic (exact) mass is 417 g/mol. The van der Waals surface area contributed by atoms with Gasteiger partial charge in [-0.1, -0.05) is 42.1 Å². The standard InChI is InChI=1S/C21H19N7OS/c1-13-7-6-8-14(2)19(13)28-21(24-25-26-28)30-12-18(29)15(11-22)20-23-16-9-4-5-10-17(16)27(20)3/h4-10,29H,12H2,1-3H3/b18-15-. The van der Waals surface area contributed by atoms with Gasteiger partial charge in [0.25, 0.3) is 0 Å². The summed E-state index contributed by atoms with van der Waals surface area (Å²) in [6.45, 7) is 3.99. The van der Waals surface area contributed by atoms with E-state index < -0.39 is 0 Å². The third-order valence-electron chi connectivity index (χ3n) is 4.84. The molecule has 9 heteroatoms. The molecule has 0 saturated heterocycles. The molecule has 1 N–H and O–H groups in total. The molecular weight excluding hydrogens is 398 g/mol. The molecule has 4 aromatic rings. The van der Waals surface area contributed by atoms with Gasteiger partial charge in [0.2, 0.25) is 5.16 Å². The highest BCUT2D eigenvalue weighted by atomic mass is 32.2. The number of benzene rings is 2. The van der Waals surface area contributed by atoms with E-state index in [1.165, 1.54) is 11.8 Å². The smallest absolute Gasteiger partial charge is 0.214 e. The number of fused-ring (bicyclic) bond motifs is 1. The molecule has 2 aromatic carbocycles. The first kappa shape index (κ1) is 19.7. The molecule has 0 unspecified atom stereocenters. The lowest BCUT2D eigenvalue weighted by atomic mass is 10.1. The summed E-state index contributed by atoms with van der Waals surface area (Å²) in [5.74, 6) is 0.486. The molecule has 30 heavy (non-hydrogen) atoms. The summed E-state index contributed by atoms with van der Waals surface area (Å²) in [5, 5.41) is 32.9. The van der Waals surface area contributed by atoms with Gasteiger partial charge < -0.3 is 9.67 Å². The Kier molecular flexibility index (Phi) is 5.25. The number of thioether (sulfide) groups is 1. The van der Waals surface area contributed by atoms with Gasteiger partial charge in [-0.25, -0.2) is 4.98 Å². The van der Waals surface area contributed by atoms with Crippen LogP contribution < -0.4 is 0 Å². The second kappa shape index (κ2) is 8.00. The molecule has 0 fully saturated rings. The number of nitriles is 1. The van der Waals surface area contributed by atoms with Crippen LogP contribution in [0.4, 0.5) is 0 Å². The fourth-order valence-electron chi connectivity index (χ4n) is 3.37. The zero-order valence-corrected chi connectivity index (χ0v) is 17.6. The van der Waals surface area contributed by atoms with Crippen LogP contribution in [0, 0.1) is 25.2 Å². The Morgan fingerprint density at radius 3 is 2.57 bits per heavy atom. The molecule has 4 rings (SSSR count). The zero-order valence-electron chi connectivity index (χ0n) is 16.7. The number of aliphatic hydroxyl groups excluding tert-OH is 1. The fourth-order valence-corrected chi connectivity index (χ4v) is 4.12. The summed E-state index contributed by atoms with van der Waals surface area (Å²) >= 11 is 1.26. The van der Waals surface area contributed by atoms with Gasteiger partial charge >= 0.3 is 0 Å². The van der Waals surface area contributed by atoms with Crippen LogP contribution in [-0.4, -0.2) is 40.6 Å². The lowest BCUT2D eigenvalue weighted by Gasteiger charge is -2.10. The molecule has 0 aliphatic carbocycles. The van der Waals surface area contributed by atoms with Crippen LogP contribution >= 0.6 is 11.8 Å². The van der Waals surface area contributed by atoms with Crippen LogP contribution in [0.3, 0.4) is 0 Å². The van der Waals surface area contributed by atoms with Gasteiger partial charge in [0.15, 0.2) is 5.82 Å². The van der Waals surface area contributed by atoms with Crippen molar-refractivity contribution in [3.8, 4) is 11.8 Å². The molecular formula is C21H19N7OS. The number of hydrogen-bond donors (Lipinski definition) is 1. The molecule has 2 aromatic heterocycles. The van der Waals surface area contributed by atoms with Crippen molar-refractivity contribution in [1.82, 2.24) is 29.8 Å². The van der Waals surface area contributed by atoms with Crippen LogP contribution in [0.1, 0.15) is 17.0 Å². The van der Waals surface area contributed by atoms with Crippen LogP contribution in [-0.2, 0) is 7.05 Å². The molecule has 0 aliphatic heterocycles. The van der Waals surface area contributed by atoms with E-state index in [1.54, 1.807) is 9.25 Å². The van der Waals surface area contributed by atoms with Crippen molar-refractivity contribution in [2.75, 3.05) is 5.75 Å². The number of aliphatic hydroxyl groups is 1. The lowest BCUT2D eigenvalue weighted by Crippen LogP contribution is -2.05. The summed E-state index contributed by atoms with van der Waals surface area (Å²) in [5.41, 5.74) is 4.78. The number of allylic oxidation sites excluding steroid dienone is 1. The minimum Gasteiger partial charge on any atom is -0.510 e. The fraction of sp³-hybridized carbons (Fsp3) is 0.190. The SMILES string of the molecule is Cc1cccc(C)c1-n1nnnc1SC/C(O)=C(\C#N)c1nc2ccccc2n1C. The van der Waals surface area contributed by atoms with Crippen molar-refractivity contribution >= 4 is 28.4 Å². The molecule has 0 saturated carbocycles. The quantitative estimate of drug-likeness (QED) is 0.299. The summed E-state index contributed by atoms with van der Waals surface area (Å²) in [4.78, 5) is 4.51. The first-order chi connectivity index (χ1) is 14.5. The van der Waals surface area contributed by atoms with Gasteiger partial charge in [-0.15, -0.1) is 5.10 Å². The summed E-state index contributed by atoms with van der Waals surface area (Å²) < 4.78 is 3.46. The third-order valence-corrected chi connectivity index (χ3v) is 5.77. The molecule has 2 heterocycles. The predicted molar refractivity (Wildman–Crippen MR) is 115 cm³/mol. The maximum atomic E-state index is 10.7. The van der Waals surface area contributed by atoms with E-state index in [0.717, 1.165) is 27.8 Å². The Morgan fingerprint density at radius 1 is 1.13 bits per heavy atom. The van der Waals surface area contributed by atoms with E-state index in [0.29, 0.717) is 11.0 Å². The van der Waals surface area contributed by atoms with Gasteiger partial charge in [-0.05, 0) is 47.5 Å². The van der Waals surface area contributed by atoms with Crippen molar-refractivity contribution in [2.45, 2.75) is 19.0 Å². The van der Waals surface area contributed by atoms with Gasteiger partial charge in [0.05, 0.1) is 22.5 Å². The Balaban J connectivity index is 1.65. The van der Waals surface area contributed by atoms with Crippen molar-refractivity contribution in [3.63, 3.8) is 0 Å². The van der Waals surface area contributed by atoms with Gasteiger partial charge in [0, 0.05) is 7.05 Å². The highest BCUT2D eigenvalue weighted by Crippen LogP contribution is 2.27. The van der Waals surface area contributed by atoms with E-state index in [2.05, 4.69) is 26.6 Å². The van der Waals surface area contributed by atoms with Gasteiger partial charge in [-0.3, -0.25) is 0 Å². The third kappa shape index (κ3) is 3.42. The van der Waals surface area contributed by atoms with Gasteiger partial charge in [0.1, 0.15) is 17.4 Å². The van der Waals surface area contributed by atoms with Crippen molar-refractivity contribution < 1.29 is 5.11 Å². The van der Waals surface area contributed by atoms with E-state index in [4.69, 9.17) is 0 Å². The molecule has 150 valence electrons. The number of hydrogen-bond acceptors (Lipinski definition) is 7. The molecule has 0 amide bonds. The molecule has 0 radical (unpaired) electrons. The number of nitrogens with zero attached hydrogens (tertiary/aromatic N) is 7. The topological polar surface area (TPSA) is 105 Å². The van der Waals surface area contributed by atoms with Crippen LogP contribution in [0.2, 0.25) is 0 Å². The number of aromatic nitrogens is 6. The number of para-hydroxylation sites is 3. The minimum atomic E-state index is -0.0723. The Hall–Kier alpha value is -3.64. The number of aryl methyl sites for hydroxylation is 3. The average molecular weight is 417 g/mol. The van der Waals surface area contributed by atoms with Crippen LogP contribution in [0.5, 0.6) is 0 Å².